The minimum absolute atomic E-state index is 0.0336. The predicted octanol–water partition coefficient (Wildman–Crippen LogP) is 5.11. The Kier molecular flexibility index (Phi) is 5.73. The molecule has 5 rings (SSSR count). The summed E-state index contributed by atoms with van der Waals surface area (Å²) in [5.74, 6) is -1.48. The number of anilines is 1. The van der Waals surface area contributed by atoms with E-state index in [0.29, 0.717) is 16.8 Å². The van der Waals surface area contributed by atoms with Gasteiger partial charge in [-0.1, -0.05) is 12.1 Å². The second-order valence-electron chi connectivity index (χ2n) is 7.68. The molecule has 2 aromatic carbocycles. The van der Waals surface area contributed by atoms with E-state index in [1.54, 1.807) is 18.3 Å². The smallest absolute Gasteiger partial charge is 0.280 e. The molecule has 35 heavy (non-hydrogen) atoms. The Hall–Kier alpha value is -4.54. The van der Waals surface area contributed by atoms with Gasteiger partial charge in [-0.2, -0.15) is 10.2 Å². The number of amides is 1. The lowest BCUT2D eigenvalue weighted by Gasteiger charge is -2.08. The van der Waals surface area contributed by atoms with E-state index in [1.807, 2.05) is 0 Å². The lowest BCUT2D eigenvalue weighted by Crippen LogP contribution is -2.12. The van der Waals surface area contributed by atoms with Crippen LogP contribution >= 0.6 is 0 Å². The highest BCUT2D eigenvalue weighted by Gasteiger charge is 2.22. The number of carbonyl (C=O) groups is 1. The van der Waals surface area contributed by atoms with Crippen LogP contribution < -0.4 is 5.32 Å². The van der Waals surface area contributed by atoms with Crippen LogP contribution in [0, 0.1) is 11.6 Å². The van der Waals surface area contributed by atoms with Crippen molar-refractivity contribution >= 4 is 17.2 Å². The van der Waals surface area contributed by atoms with E-state index in [9.17, 15) is 22.4 Å². The summed E-state index contributed by atoms with van der Waals surface area (Å²) in [6.07, 6.45) is 1.22. The van der Waals surface area contributed by atoms with Gasteiger partial charge in [0.2, 0.25) is 0 Å². The highest BCUT2D eigenvalue weighted by Crippen LogP contribution is 2.27. The molecule has 0 spiro atoms. The number of aromatic nitrogens is 5. The molecule has 0 aliphatic heterocycles. The van der Waals surface area contributed by atoms with Gasteiger partial charge in [-0.25, -0.2) is 27.1 Å². The summed E-state index contributed by atoms with van der Waals surface area (Å²) in [6.45, 7) is 0.282. The minimum Gasteiger partial charge on any atom is -0.319 e. The topological polar surface area (TPSA) is 77.1 Å². The first kappa shape index (κ1) is 22.3. The zero-order valence-electron chi connectivity index (χ0n) is 17.9. The first-order valence-corrected chi connectivity index (χ1v) is 10.4. The average Bonchev–Trinajstić information content (AvgIpc) is 3.45. The van der Waals surface area contributed by atoms with Crippen molar-refractivity contribution < 1.29 is 22.4 Å². The number of benzene rings is 2. The van der Waals surface area contributed by atoms with Crippen LogP contribution in [0.25, 0.3) is 16.9 Å². The molecule has 0 bridgehead atoms. The van der Waals surface area contributed by atoms with Gasteiger partial charge in [-0.05, 0) is 48.0 Å². The van der Waals surface area contributed by atoms with E-state index in [4.69, 9.17) is 0 Å². The van der Waals surface area contributed by atoms with Crippen LogP contribution in [-0.4, -0.2) is 30.3 Å². The highest BCUT2D eigenvalue weighted by atomic mass is 19.3. The monoisotopic (exact) mass is 480 g/mol. The Labute approximate surface area is 195 Å². The molecule has 1 N–H and O–H groups in total. The molecular formula is C24H16F4N6O. The molecule has 7 nitrogen and oxygen atoms in total. The number of halogens is 4. The fourth-order valence-electron chi connectivity index (χ4n) is 3.61. The van der Waals surface area contributed by atoms with Crippen molar-refractivity contribution in [3.63, 3.8) is 0 Å². The number of nitrogens with one attached hydrogen (secondary N) is 1. The number of rotatable bonds is 6. The third-order valence-corrected chi connectivity index (χ3v) is 5.23. The van der Waals surface area contributed by atoms with Crippen LogP contribution in [0.2, 0.25) is 0 Å². The number of hydrogen-bond acceptors (Lipinski definition) is 4. The Morgan fingerprint density at radius 3 is 2.51 bits per heavy atom. The van der Waals surface area contributed by atoms with E-state index < -0.39 is 23.8 Å². The fraction of sp³-hybridized carbons (Fsp3) is 0.0833. The lowest BCUT2D eigenvalue weighted by atomic mass is 10.1. The Morgan fingerprint density at radius 2 is 1.77 bits per heavy atom. The van der Waals surface area contributed by atoms with Gasteiger partial charge in [0, 0.05) is 11.8 Å². The first-order chi connectivity index (χ1) is 16.9. The Balaban J connectivity index is 1.44. The van der Waals surface area contributed by atoms with E-state index in [0.717, 1.165) is 16.8 Å². The molecule has 0 unspecified atom stereocenters. The maximum absolute atomic E-state index is 13.7. The lowest BCUT2D eigenvalue weighted by molar-refractivity contribution is 0.102. The van der Waals surface area contributed by atoms with Crippen molar-refractivity contribution in [3.05, 3.63) is 102 Å². The average molecular weight is 480 g/mol. The quantitative estimate of drug-likeness (QED) is 0.343. The summed E-state index contributed by atoms with van der Waals surface area (Å²) in [6, 6.07) is 12.4. The summed E-state index contributed by atoms with van der Waals surface area (Å²) in [7, 11) is 0. The molecule has 0 radical (unpaired) electrons. The van der Waals surface area contributed by atoms with Crippen LogP contribution in [-0.2, 0) is 6.54 Å². The number of nitrogens with zero attached hydrogens (tertiary/aromatic N) is 5. The van der Waals surface area contributed by atoms with Crippen molar-refractivity contribution in [1.29, 1.82) is 0 Å². The molecule has 176 valence electrons. The molecule has 3 aromatic heterocycles. The van der Waals surface area contributed by atoms with Crippen LogP contribution in [0.4, 0.5) is 23.2 Å². The van der Waals surface area contributed by atoms with Gasteiger partial charge in [-0.3, -0.25) is 9.48 Å². The second-order valence-corrected chi connectivity index (χ2v) is 7.68. The van der Waals surface area contributed by atoms with E-state index in [-0.39, 0.29) is 29.3 Å². The summed E-state index contributed by atoms with van der Waals surface area (Å²) in [4.78, 5) is 17.3. The zero-order chi connectivity index (χ0) is 24.5. The summed E-state index contributed by atoms with van der Waals surface area (Å²) in [5.41, 5.74) is 1.00. The summed E-state index contributed by atoms with van der Waals surface area (Å²) in [5, 5.41) is 10.7. The van der Waals surface area contributed by atoms with Crippen molar-refractivity contribution in [2.24, 2.45) is 0 Å². The molecule has 0 saturated heterocycles. The maximum Gasteiger partial charge on any atom is 0.280 e. The molecule has 0 aliphatic carbocycles. The van der Waals surface area contributed by atoms with Crippen molar-refractivity contribution in [3.8, 4) is 11.3 Å². The third-order valence-electron chi connectivity index (χ3n) is 5.23. The molecule has 0 atom stereocenters. The second kappa shape index (κ2) is 9.01. The van der Waals surface area contributed by atoms with Gasteiger partial charge in [0.1, 0.15) is 22.9 Å². The summed E-state index contributed by atoms with van der Waals surface area (Å²) >= 11 is 0. The Morgan fingerprint density at radius 1 is 0.971 bits per heavy atom. The normalized spacial score (nSPS) is 11.3. The van der Waals surface area contributed by atoms with Gasteiger partial charge in [0.05, 0.1) is 30.3 Å². The van der Waals surface area contributed by atoms with Crippen LogP contribution in [0.3, 0.4) is 0 Å². The molecule has 11 heteroatoms. The van der Waals surface area contributed by atoms with Crippen LogP contribution in [0.15, 0.2) is 73.2 Å². The molecule has 5 aromatic rings. The first-order valence-electron chi connectivity index (χ1n) is 10.4. The van der Waals surface area contributed by atoms with Crippen molar-refractivity contribution in [2.75, 3.05) is 5.32 Å². The maximum atomic E-state index is 13.7. The minimum atomic E-state index is -2.89. The molecule has 0 aliphatic rings. The van der Waals surface area contributed by atoms with Gasteiger partial charge >= 0.3 is 0 Å². The van der Waals surface area contributed by atoms with Crippen molar-refractivity contribution in [2.45, 2.75) is 13.0 Å². The van der Waals surface area contributed by atoms with Gasteiger partial charge in [0.25, 0.3) is 12.3 Å². The van der Waals surface area contributed by atoms with Gasteiger partial charge in [-0.15, -0.1) is 0 Å². The van der Waals surface area contributed by atoms with Gasteiger partial charge < -0.3 is 5.32 Å². The molecular weight excluding hydrogens is 464 g/mol. The zero-order valence-corrected chi connectivity index (χ0v) is 17.9. The number of alkyl halides is 2. The van der Waals surface area contributed by atoms with E-state index >= 15 is 0 Å². The number of hydrogen-bond donors (Lipinski definition) is 1. The SMILES string of the molecule is O=C(Nc1cnn(Cc2cccc(F)c2)c1)c1cnn2c(C(F)F)cc(-c3ccc(F)cc3)nc12. The van der Waals surface area contributed by atoms with Crippen LogP contribution in [0.1, 0.15) is 28.0 Å². The highest BCUT2D eigenvalue weighted by molar-refractivity contribution is 6.08. The fourth-order valence-corrected chi connectivity index (χ4v) is 3.61. The van der Waals surface area contributed by atoms with E-state index in [1.165, 1.54) is 47.3 Å². The number of carbonyl (C=O) groups excluding carboxylic acids is 1. The molecule has 0 saturated carbocycles. The molecule has 3 heterocycles. The van der Waals surface area contributed by atoms with Gasteiger partial charge in [0.15, 0.2) is 5.65 Å². The Bertz CT molecular complexity index is 1530. The summed E-state index contributed by atoms with van der Waals surface area (Å²) < 4.78 is 56.6. The molecule has 0 fully saturated rings. The third kappa shape index (κ3) is 4.60. The van der Waals surface area contributed by atoms with Crippen LogP contribution in [0.5, 0.6) is 0 Å². The number of fused-ring (bicyclic) bond motifs is 1. The van der Waals surface area contributed by atoms with E-state index in [2.05, 4.69) is 20.5 Å². The molecule has 1 amide bonds. The largest absolute Gasteiger partial charge is 0.319 e. The standard InChI is InChI=1S/C24H16F4N6O/c25-16-6-4-15(5-7-16)20-9-21(22(27)28)34-23(32-20)19(11-30-34)24(35)31-18-10-29-33(13-18)12-14-2-1-3-17(26)8-14/h1-11,13,22H,12H2,(H,31,35). The predicted molar refractivity (Wildman–Crippen MR) is 119 cm³/mol. The van der Waals surface area contributed by atoms with Crippen molar-refractivity contribution in [1.82, 2.24) is 24.4 Å².